The van der Waals surface area contributed by atoms with Crippen LogP contribution in [-0.4, -0.2) is 21.2 Å². The summed E-state index contributed by atoms with van der Waals surface area (Å²) in [5.41, 5.74) is 1.99. The van der Waals surface area contributed by atoms with Crippen LogP contribution in [0.4, 0.5) is 5.82 Å². The second-order valence-electron chi connectivity index (χ2n) is 4.34. The lowest BCUT2D eigenvalue weighted by Gasteiger charge is -2.14. The fourth-order valence-electron chi connectivity index (χ4n) is 2.01. The zero-order chi connectivity index (χ0) is 14.0. The molecule has 0 saturated carbocycles. The molecule has 0 radical (unpaired) electrons. The Morgan fingerprint density at radius 1 is 1.42 bits per heavy atom. The quantitative estimate of drug-likeness (QED) is 0.879. The molecule has 0 bridgehead atoms. The van der Waals surface area contributed by atoms with Crippen LogP contribution in [-0.2, 0) is 0 Å². The van der Waals surface area contributed by atoms with Crippen LogP contribution in [0.25, 0.3) is 0 Å². The van der Waals surface area contributed by atoms with Crippen molar-refractivity contribution in [2.75, 3.05) is 5.32 Å². The lowest BCUT2D eigenvalue weighted by atomic mass is 10.1. The summed E-state index contributed by atoms with van der Waals surface area (Å²) in [5, 5.41) is 15.9. The van der Waals surface area contributed by atoms with E-state index in [1.54, 1.807) is 6.07 Å². The summed E-state index contributed by atoms with van der Waals surface area (Å²) >= 11 is 0. The van der Waals surface area contributed by atoms with Crippen molar-refractivity contribution in [2.45, 2.75) is 26.8 Å². The highest BCUT2D eigenvalue weighted by Crippen LogP contribution is 2.24. The number of carbonyl (C=O) groups is 1. The van der Waals surface area contributed by atoms with Crippen LogP contribution >= 0.6 is 0 Å². The van der Waals surface area contributed by atoms with E-state index in [0.717, 1.165) is 17.0 Å². The van der Waals surface area contributed by atoms with Gasteiger partial charge in [0.2, 0.25) is 0 Å². The molecule has 2 aromatic rings. The molecule has 1 unspecified atom stereocenters. The van der Waals surface area contributed by atoms with E-state index in [0.29, 0.717) is 5.82 Å². The fraction of sp³-hybridized carbons (Fsp3) is 0.308. The van der Waals surface area contributed by atoms with Crippen LogP contribution in [0.1, 0.15) is 40.3 Å². The number of carboxylic acids is 1. The zero-order valence-electron chi connectivity index (χ0n) is 11.0. The van der Waals surface area contributed by atoms with Gasteiger partial charge in [0.1, 0.15) is 11.6 Å². The standard InChI is InChI=1S/C13H15N3O3/c1-7(12-8(2)16-19-9(12)3)15-11-5-4-10(6-14-11)13(17)18/h4-7H,1-3H3,(H,14,15)(H,17,18). The average molecular weight is 261 g/mol. The number of anilines is 1. The minimum Gasteiger partial charge on any atom is -0.478 e. The lowest BCUT2D eigenvalue weighted by Crippen LogP contribution is -2.10. The lowest BCUT2D eigenvalue weighted by molar-refractivity contribution is 0.0696. The largest absolute Gasteiger partial charge is 0.478 e. The van der Waals surface area contributed by atoms with E-state index in [9.17, 15) is 4.79 Å². The molecule has 19 heavy (non-hydrogen) atoms. The molecule has 6 nitrogen and oxygen atoms in total. The molecule has 0 saturated heterocycles. The van der Waals surface area contributed by atoms with Crippen LogP contribution in [0.3, 0.4) is 0 Å². The summed E-state index contributed by atoms with van der Waals surface area (Å²) in [4.78, 5) is 14.8. The molecule has 100 valence electrons. The number of aromatic carboxylic acids is 1. The van der Waals surface area contributed by atoms with E-state index < -0.39 is 5.97 Å². The highest BCUT2D eigenvalue weighted by Gasteiger charge is 2.16. The molecule has 2 aromatic heterocycles. The number of hydrogen-bond donors (Lipinski definition) is 2. The molecule has 0 aromatic carbocycles. The third-order valence-electron chi connectivity index (χ3n) is 2.90. The maximum atomic E-state index is 10.7. The highest BCUT2D eigenvalue weighted by molar-refractivity contribution is 5.87. The molecule has 6 heteroatoms. The monoisotopic (exact) mass is 261 g/mol. The first-order valence-corrected chi connectivity index (χ1v) is 5.87. The van der Waals surface area contributed by atoms with Gasteiger partial charge >= 0.3 is 5.97 Å². The fourth-order valence-corrected chi connectivity index (χ4v) is 2.01. The van der Waals surface area contributed by atoms with Crippen LogP contribution in [0.15, 0.2) is 22.9 Å². The van der Waals surface area contributed by atoms with E-state index in [1.807, 2.05) is 20.8 Å². The first kappa shape index (κ1) is 13.1. The van der Waals surface area contributed by atoms with E-state index in [1.165, 1.54) is 12.3 Å². The summed E-state index contributed by atoms with van der Waals surface area (Å²) in [6, 6.07) is 3.13. The van der Waals surface area contributed by atoms with Crippen molar-refractivity contribution < 1.29 is 14.4 Å². The van der Waals surface area contributed by atoms with E-state index in [2.05, 4.69) is 15.5 Å². The van der Waals surface area contributed by atoms with Crippen molar-refractivity contribution in [1.29, 1.82) is 0 Å². The smallest absolute Gasteiger partial charge is 0.337 e. The maximum Gasteiger partial charge on any atom is 0.337 e. The van der Waals surface area contributed by atoms with Crippen molar-refractivity contribution in [3.05, 3.63) is 40.9 Å². The number of hydrogen-bond acceptors (Lipinski definition) is 5. The van der Waals surface area contributed by atoms with Gasteiger partial charge in [0.05, 0.1) is 17.3 Å². The normalized spacial score (nSPS) is 12.2. The summed E-state index contributed by atoms with van der Waals surface area (Å²) in [6.07, 6.45) is 1.32. The van der Waals surface area contributed by atoms with Crippen LogP contribution < -0.4 is 5.32 Å². The highest BCUT2D eigenvalue weighted by atomic mass is 16.5. The van der Waals surface area contributed by atoms with Crippen LogP contribution in [0.5, 0.6) is 0 Å². The Hall–Kier alpha value is -2.37. The molecule has 0 fully saturated rings. The summed E-state index contributed by atoms with van der Waals surface area (Å²) in [5.74, 6) is 0.384. The second-order valence-corrected chi connectivity index (χ2v) is 4.34. The zero-order valence-corrected chi connectivity index (χ0v) is 11.0. The van der Waals surface area contributed by atoms with Gasteiger partial charge in [-0.2, -0.15) is 0 Å². The molecule has 2 heterocycles. The summed E-state index contributed by atoms with van der Waals surface area (Å²) in [7, 11) is 0. The van der Waals surface area contributed by atoms with E-state index >= 15 is 0 Å². The predicted octanol–water partition coefficient (Wildman–Crippen LogP) is 2.56. The number of rotatable bonds is 4. The topological polar surface area (TPSA) is 88.2 Å². The summed E-state index contributed by atoms with van der Waals surface area (Å²) < 4.78 is 5.12. The molecule has 0 amide bonds. The van der Waals surface area contributed by atoms with Gasteiger partial charge in [-0.25, -0.2) is 9.78 Å². The molecule has 0 aliphatic heterocycles. The minimum atomic E-state index is -0.988. The SMILES string of the molecule is Cc1noc(C)c1C(C)Nc1ccc(C(=O)O)cn1. The third kappa shape index (κ3) is 2.73. The van der Waals surface area contributed by atoms with Gasteiger partial charge in [0.25, 0.3) is 0 Å². The minimum absolute atomic E-state index is 0.0190. The van der Waals surface area contributed by atoms with Crippen molar-refractivity contribution in [1.82, 2.24) is 10.1 Å². The van der Waals surface area contributed by atoms with Gasteiger partial charge in [0.15, 0.2) is 0 Å². The average Bonchev–Trinajstić information content (AvgIpc) is 2.69. The Balaban J connectivity index is 2.15. The molecule has 0 aliphatic carbocycles. The number of aromatic nitrogens is 2. The molecule has 2 N–H and O–H groups in total. The molecular weight excluding hydrogens is 246 g/mol. The van der Waals surface area contributed by atoms with Crippen molar-refractivity contribution >= 4 is 11.8 Å². The second kappa shape index (κ2) is 5.09. The van der Waals surface area contributed by atoms with Crippen molar-refractivity contribution in [2.24, 2.45) is 0 Å². The molecule has 2 rings (SSSR count). The van der Waals surface area contributed by atoms with Gasteiger partial charge in [-0.1, -0.05) is 5.16 Å². The van der Waals surface area contributed by atoms with Gasteiger partial charge in [0, 0.05) is 11.8 Å². The molecular formula is C13H15N3O3. The summed E-state index contributed by atoms with van der Waals surface area (Å²) in [6.45, 7) is 5.71. The van der Waals surface area contributed by atoms with Crippen molar-refractivity contribution in [3.8, 4) is 0 Å². The Morgan fingerprint density at radius 2 is 2.16 bits per heavy atom. The van der Waals surface area contributed by atoms with E-state index in [4.69, 9.17) is 9.63 Å². The van der Waals surface area contributed by atoms with Crippen molar-refractivity contribution in [3.63, 3.8) is 0 Å². The number of aryl methyl sites for hydroxylation is 2. The van der Waals surface area contributed by atoms with Gasteiger partial charge < -0.3 is 14.9 Å². The van der Waals surface area contributed by atoms with Gasteiger partial charge in [-0.15, -0.1) is 0 Å². The Morgan fingerprint density at radius 3 is 2.63 bits per heavy atom. The first-order chi connectivity index (χ1) is 8.99. The number of pyridine rings is 1. The Kier molecular flexibility index (Phi) is 3.50. The van der Waals surface area contributed by atoms with E-state index in [-0.39, 0.29) is 11.6 Å². The number of nitrogens with one attached hydrogen (secondary N) is 1. The first-order valence-electron chi connectivity index (χ1n) is 5.87. The molecule has 0 aliphatic rings. The van der Waals surface area contributed by atoms with Crippen LogP contribution in [0.2, 0.25) is 0 Å². The number of carboxylic acid groups (broad SMARTS) is 1. The predicted molar refractivity (Wildman–Crippen MR) is 69.2 cm³/mol. The Bertz CT molecular complexity index is 570. The Labute approximate surface area is 110 Å². The molecule has 1 atom stereocenters. The van der Waals surface area contributed by atoms with Crippen LogP contribution in [0, 0.1) is 13.8 Å². The maximum absolute atomic E-state index is 10.7. The third-order valence-corrected chi connectivity index (χ3v) is 2.90. The number of nitrogens with zero attached hydrogens (tertiary/aromatic N) is 2. The van der Waals surface area contributed by atoms with Gasteiger partial charge in [-0.05, 0) is 32.9 Å². The van der Waals surface area contributed by atoms with Gasteiger partial charge in [-0.3, -0.25) is 0 Å². The molecule has 0 spiro atoms.